The molecule has 0 aliphatic carbocycles. The average molecular weight is 272 g/mol. The molecule has 5 nitrogen and oxygen atoms in total. The lowest BCUT2D eigenvalue weighted by atomic mass is 10.0. The van der Waals surface area contributed by atoms with Crippen LogP contribution in [-0.2, 0) is 10.0 Å². The van der Waals surface area contributed by atoms with Crippen LogP contribution in [0.2, 0.25) is 0 Å². The Morgan fingerprint density at radius 1 is 1.44 bits per heavy atom. The lowest BCUT2D eigenvalue weighted by Crippen LogP contribution is -2.48. The summed E-state index contributed by atoms with van der Waals surface area (Å²) in [6.07, 6.45) is 0. The van der Waals surface area contributed by atoms with Gasteiger partial charge in [0.1, 0.15) is 5.82 Å². The topological polar surface area (TPSA) is 66.5 Å². The van der Waals surface area contributed by atoms with E-state index in [0.29, 0.717) is 5.69 Å². The second-order valence-corrected chi connectivity index (χ2v) is 6.21. The molecule has 1 aliphatic rings. The number of hydrogen-bond acceptors (Lipinski definition) is 4. The fourth-order valence-corrected chi connectivity index (χ4v) is 3.13. The lowest BCUT2D eigenvalue weighted by Gasteiger charge is -2.31. The van der Waals surface area contributed by atoms with Crippen molar-refractivity contribution in [3.8, 4) is 0 Å². The number of carbonyl (C=O) groups excluding carboxylic acids is 1. The molecular weight excluding hydrogens is 259 g/mol. The van der Waals surface area contributed by atoms with Crippen molar-refractivity contribution in [1.82, 2.24) is 4.72 Å². The molecule has 1 aromatic rings. The standard InChI is InChI=1S/C11H13FN2O3S/c1-13-18(16,17)10-6-14(2)9-5-7(12)3-4-8(9)11(10)15/h3-5,10,13H,6H2,1-2H3. The van der Waals surface area contributed by atoms with Crippen LogP contribution >= 0.6 is 0 Å². The van der Waals surface area contributed by atoms with E-state index < -0.39 is 26.9 Å². The fraction of sp³-hybridized carbons (Fsp3) is 0.364. The van der Waals surface area contributed by atoms with E-state index >= 15 is 0 Å². The maximum atomic E-state index is 13.1. The third-order valence-electron chi connectivity index (χ3n) is 3.03. The minimum absolute atomic E-state index is 0.0124. The van der Waals surface area contributed by atoms with Gasteiger partial charge in [-0.25, -0.2) is 17.5 Å². The van der Waals surface area contributed by atoms with E-state index in [1.54, 1.807) is 11.9 Å². The number of sulfonamides is 1. The number of Topliss-reactive ketones (excluding diaryl/α,β-unsaturated/α-hetero) is 1. The first-order chi connectivity index (χ1) is 8.36. The van der Waals surface area contributed by atoms with Crippen molar-refractivity contribution in [2.75, 3.05) is 25.5 Å². The first-order valence-electron chi connectivity index (χ1n) is 5.34. The molecule has 1 atom stereocenters. The van der Waals surface area contributed by atoms with Crippen LogP contribution < -0.4 is 9.62 Å². The van der Waals surface area contributed by atoms with Crippen LogP contribution in [0.1, 0.15) is 10.4 Å². The zero-order valence-corrected chi connectivity index (χ0v) is 10.8. The van der Waals surface area contributed by atoms with Gasteiger partial charge in [-0.3, -0.25) is 4.79 Å². The first kappa shape index (κ1) is 13.0. The largest absolute Gasteiger partial charge is 0.372 e. The van der Waals surface area contributed by atoms with Gasteiger partial charge in [0.2, 0.25) is 10.0 Å². The van der Waals surface area contributed by atoms with Gasteiger partial charge in [-0.15, -0.1) is 0 Å². The maximum Gasteiger partial charge on any atom is 0.223 e. The summed E-state index contributed by atoms with van der Waals surface area (Å²) >= 11 is 0. The number of halogens is 1. The number of nitrogens with zero attached hydrogens (tertiary/aromatic N) is 1. The molecule has 1 N–H and O–H groups in total. The highest BCUT2D eigenvalue weighted by molar-refractivity contribution is 7.91. The molecule has 0 saturated carbocycles. The van der Waals surface area contributed by atoms with Crippen molar-refractivity contribution in [1.29, 1.82) is 0 Å². The molecule has 0 spiro atoms. The summed E-state index contributed by atoms with van der Waals surface area (Å²) in [5, 5.41) is -1.16. The molecule has 1 heterocycles. The second-order valence-electron chi connectivity index (χ2n) is 4.14. The molecule has 0 aromatic heterocycles. The zero-order chi connectivity index (χ0) is 13.5. The van der Waals surface area contributed by atoms with Crippen molar-refractivity contribution in [3.63, 3.8) is 0 Å². The predicted molar refractivity (Wildman–Crippen MR) is 65.8 cm³/mol. The minimum Gasteiger partial charge on any atom is -0.372 e. The monoisotopic (exact) mass is 272 g/mol. The highest BCUT2D eigenvalue weighted by Crippen LogP contribution is 2.28. The van der Waals surface area contributed by atoms with E-state index in [1.165, 1.54) is 19.2 Å². The highest BCUT2D eigenvalue weighted by Gasteiger charge is 2.38. The number of anilines is 1. The molecule has 0 amide bonds. The summed E-state index contributed by atoms with van der Waals surface area (Å²) in [4.78, 5) is 13.7. The third kappa shape index (κ3) is 1.99. The molecule has 0 saturated heterocycles. The molecule has 7 heteroatoms. The average Bonchev–Trinajstić information content (AvgIpc) is 2.33. The molecule has 18 heavy (non-hydrogen) atoms. The summed E-state index contributed by atoms with van der Waals surface area (Å²) in [6, 6.07) is 3.70. The van der Waals surface area contributed by atoms with Crippen LogP contribution in [0.5, 0.6) is 0 Å². The Morgan fingerprint density at radius 3 is 2.72 bits per heavy atom. The van der Waals surface area contributed by atoms with Crippen molar-refractivity contribution < 1.29 is 17.6 Å². The van der Waals surface area contributed by atoms with Crippen molar-refractivity contribution >= 4 is 21.5 Å². The number of fused-ring (bicyclic) bond motifs is 1. The van der Waals surface area contributed by atoms with Gasteiger partial charge in [-0.1, -0.05) is 0 Å². The Morgan fingerprint density at radius 2 is 2.11 bits per heavy atom. The third-order valence-corrected chi connectivity index (χ3v) is 4.71. The molecule has 2 rings (SSSR count). The van der Waals surface area contributed by atoms with Crippen LogP contribution in [0.25, 0.3) is 0 Å². The molecule has 1 aliphatic heterocycles. The Hall–Kier alpha value is -1.47. The number of hydrogen-bond donors (Lipinski definition) is 1. The number of ketones is 1. The molecule has 0 bridgehead atoms. The van der Waals surface area contributed by atoms with Crippen LogP contribution in [0.4, 0.5) is 10.1 Å². The van der Waals surface area contributed by atoms with Crippen LogP contribution in [0.3, 0.4) is 0 Å². The molecular formula is C11H13FN2O3S. The molecule has 1 aromatic carbocycles. The number of nitrogens with one attached hydrogen (secondary N) is 1. The van der Waals surface area contributed by atoms with Gasteiger partial charge >= 0.3 is 0 Å². The van der Waals surface area contributed by atoms with Gasteiger partial charge in [0, 0.05) is 19.2 Å². The van der Waals surface area contributed by atoms with E-state index in [2.05, 4.69) is 4.72 Å². The van der Waals surface area contributed by atoms with E-state index in [-0.39, 0.29) is 12.1 Å². The number of carbonyl (C=O) groups is 1. The van der Waals surface area contributed by atoms with Crippen molar-refractivity contribution in [2.45, 2.75) is 5.25 Å². The summed E-state index contributed by atoms with van der Waals surface area (Å²) in [6.45, 7) is 0.0124. The fourth-order valence-electron chi connectivity index (χ4n) is 2.01. The maximum absolute atomic E-state index is 13.1. The Balaban J connectivity index is 2.52. The minimum atomic E-state index is -3.69. The van der Waals surface area contributed by atoms with Gasteiger partial charge in [-0.05, 0) is 25.2 Å². The molecule has 98 valence electrons. The van der Waals surface area contributed by atoms with Crippen molar-refractivity contribution in [3.05, 3.63) is 29.6 Å². The van der Waals surface area contributed by atoms with E-state index in [0.717, 1.165) is 6.07 Å². The van der Waals surface area contributed by atoms with Gasteiger partial charge in [0.25, 0.3) is 0 Å². The Kier molecular flexibility index (Phi) is 3.12. The smallest absolute Gasteiger partial charge is 0.223 e. The van der Waals surface area contributed by atoms with E-state index in [9.17, 15) is 17.6 Å². The molecule has 1 unspecified atom stereocenters. The zero-order valence-electron chi connectivity index (χ0n) is 9.97. The van der Waals surface area contributed by atoms with Gasteiger partial charge in [0.05, 0.1) is 5.69 Å². The molecule has 0 fully saturated rings. The second kappa shape index (κ2) is 4.33. The Bertz CT molecular complexity index is 600. The number of benzene rings is 1. The normalized spacial score (nSPS) is 19.8. The Labute approximate surface area is 105 Å². The quantitative estimate of drug-likeness (QED) is 0.845. The predicted octanol–water partition coefficient (Wildman–Crippen LogP) is 0.376. The van der Waals surface area contributed by atoms with E-state index in [1.807, 2.05) is 0 Å². The van der Waals surface area contributed by atoms with Crippen LogP contribution in [0, 0.1) is 5.82 Å². The van der Waals surface area contributed by atoms with Gasteiger partial charge in [0.15, 0.2) is 11.0 Å². The summed E-state index contributed by atoms with van der Waals surface area (Å²) < 4.78 is 38.8. The number of rotatable bonds is 2. The first-order valence-corrected chi connectivity index (χ1v) is 6.88. The van der Waals surface area contributed by atoms with Crippen LogP contribution in [0.15, 0.2) is 18.2 Å². The summed E-state index contributed by atoms with van der Waals surface area (Å²) in [5.74, 6) is -0.958. The van der Waals surface area contributed by atoms with Gasteiger partial charge in [-0.2, -0.15) is 0 Å². The van der Waals surface area contributed by atoms with Crippen molar-refractivity contribution in [2.24, 2.45) is 0 Å². The molecule has 0 radical (unpaired) electrons. The lowest BCUT2D eigenvalue weighted by molar-refractivity contribution is 0.0984. The van der Waals surface area contributed by atoms with E-state index in [4.69, 9.17) is 0 Å². The van der Waals surface area contributed by atoms with Crippen LogP contribution in [-0.4, -0.2) is 40.1 Å². The summed E-state index contributed by atoms with van der Waals surface area (Å²) in [5.41, 5.74) is 0.650. The summed E-state index contributed by atoms with van der Waals surface area (Å²) in [7, 11) is -0.797. The van der Waals surface area contributed by atoms with Gasteiger partial charge < -0.3 is 4.90 Å². The SMILES string of the molecule is CNS(=O)(=O)C1CN(C)c2cc(F)ccc2C1=O. The highest BCUT2D eigenvalue weighted by atomic mass is 32.2.